The van der Waals surface area contributed by atoms with Crippen molar-refractivity contribution < 1.29 is 13.5 Å². The second-order valence-corrected chi connectivity index (χ2v) is 6.87. The highest BCUT2D eigenvalue weighted by Gasteiger charge is 2.24. The van der Waals surface area contributed by atoms with Crippen LogP contribution in [-0.4, -0.2) is 24.9 Å². The lowest BCUT2D eigenvalue weighted by Crippen LogP contribution is -2.27. The van der Waals surface area contributed by atoms with Crippen LogP contribution in [0.1, 0.15) is 11.1 Å². The molecule has 0 amide bonds. The van der Waals surface area contributed by atoms with Gasteiger partial charge in [-0.1, -0.05) is 24.3 Å². The minimum Gasteiger partial charge on any atom is -0.508 e. The van der Waals surface area contributed by atoms with E-state index in [1.807, 2.05) is 0 Å². The average molecular weight is 306 g/mol. The topological polar surface area (TPSA) is 83.6 Å². The van der Waals surface area contributed by atoms with E-state index in [1.54, 1.807) is 37.3 Å². The van der Waals surface area contributed by atoms with E-state index in [1.165, 1.54) is 23.5 Å². The molecule has 112 valence electrons. The molecule has 0 aromatic heterocycles. The van der Waals surface area contributed by atoms with Crippen molar-refractivity contribution in [1.82, 2.24) is 4.31 Å². The lowest BCUT2D eigenvalue weighted by Gasteiger charge is -2.19. The normalized spacial score (nSPS) is 11.8. The van der Waals surface area contributed by atoms with Gasteiger partial charge in [-0.15, -0.1) is 0 Å². The molecule has 0 saturated heterocycles. The van der Waals surface area contributed by atoms with Crippen LogP contribution in [0.25, 0.3) is 0 Å². The Morgan fingerprint density at radius 1 is 1.14 bits per heavy atom. The Kier molecular flexibility index (Phi) is 4.20. The molecule has 0 aliphatic rings. The standard InChI is InChI=1S/C15H18N2O3S/c1-11-13(16)7-5-9-15(11)21(19,20)17(2)10-12-6-3-4-8-14(12)18/h3-9,18H,10,16H2,1-2H3. The number of benzene rings is 2. The van der Waals surface area contributed by atoms with Crippen LogP contribution in [0.3, 0.4) is 0 Å². The van der Waals surface area contributed by atoms with Crippen molar-refractivity contribution >= 4 is 15.7 Å². The van der Waals surface area contributed by atoms with Crippen molar-refractivity contribution in [3.8, 4) is 5.75 Å². The number of para-hydroxylation sites is 1. The first-order valence-electron chi connectivity index (χ1n) is 6.42. The van der Waals surface area contributed by atoms with Gasteiger partial charge in [-0.05, 0) is 30.7 Å². The zero-order valence-electron chi connectivity index (χ0n) is 11.9. The fourth-order valence-electron chi connectivity index (χ4n) is 2.05. The van der Waals surface area contributed by atoms with Gasteiger partial charge in [0.05, 0.1) is 4.90 Å². The molecule has 0 saturated carbocycles. The maximum absolute atomic E-state index is 12.6. The van der Waals surface area contributed by atoms with Crippen molar-refractivity contribution in [3.05, 3.63) is 53.6 Å². The summed E-state index contributed by atoms with van der Waals surface area (Å²) in [5.41, 5.74) is 7.28. The van der Waals surface area contributed by atoms with E-state index in [2.05, 4.69) is 0 Å². The summed E-state index contributed by atoms with van der Waals surface area (Å²) in [7, 11) is -2.19. The Hall–Kier alpha value is -2.05. The Balaban J connectivity index is 2.36. The number of nitrogens with zero attached hydrogens (tertiary/aromatic N) is 1. The van der Waals surface area contributed by atoms with E-state index in [0.29, 0.717) is 16.8 Å². The van der Waals surface area contributed by atoms with Crippen molar-refractivity contribution in [2.24, 2.45) is 0 Å². The molecule has 6 heteroatoms. The highest BCUT2D eigenvalue weighted by atomic mass is 32.2. The second-order valence-electron chi connectivity index (χ2n) is 4.86. The third-order valence-electron chi connectivity index (χ3n) is 3.40. The first-order chi connectivity index (χ1) is 9.84. The summed E-state index contributed by atoms with van der Waals surface area (Å²) in [4.78, 5) is 0.181. The lowest BCUT2D eigenvalue weighted by atomic mass is 10.2. The molecular weight excluding hydrogens is 288 g/mol. The van der Waals surface area contributed by atoms with Crippen LogP contribution < -0.4 is 5.73 Å². The van der Waals surface area contributed by atoms with Crippen LogP contribution in [0, 0.1) is 6.92 Å². The van der Waals surface area contributed by atoms with Crippen LogP contribution in [0.15, 0.2) is 47.4 Å². The minimum atomic E-state index is -3.66. The molecule has 0 heterocycles. The molecule has 2 rings (SSSR count). The molecule has 2 aromatic rings. The van der Waals surface area contributed by atoms with Crippen LogP contribution in [0.4, 0.5) is 5.69 Å². The first-order valence-corrected chi connectivity index (χ1v) is 7.86. The summed E-state index contributed by atoms with van der Waals surface area (Å²) in [5, 5.41) is 9.75. The molecule has 0 fully saturated rings. The molecule has 0 spiro atoms. The zero-order valence-corrected chi connectivity index (χ0v) is 12.8. The predicted octanol–water partition coefficient (Wildman–Crippen LogP) is 2.10. The van der Waals surface area contributed by atoms with Gasteiger partial charge in [0.2, 0.25) is 10.0 Å². The van der Waals surface area contributed by atoms with E-state index in [-0.39, 0.29) is 17.2 Å². The third kappa shape index (κ3) is 3.01. The second kappa shape index (κ2) is 5.75. The number of aromatic hydroxyl groups is 1. The first kappa shape index (κ1) is 15.3. The molecule has 0 aliphatic carbocycles. The van der Waals surface area contributed by atoms with Crippen molar-refractivity contribution in [2.75, 3.05) is 12.8 Å². The maximum Gasteiger partial charge on any atom is 0.243 e. The smallest absolute Gasteiger partial charge is 0.243 e. The summed E-state index contributed by atoms with van der Waals surface area (Å²) in [6.45, 7) is 1.76. The number of nitrogen functional groups attached to an aromatic ring is 1. The van der Waals surface area contributed by atoms with Gasteiger partial charge in [-0.25, -0.2) is 8.42 Å². The SMILES string of the molecule is Cc1c(N)cccc1S(=O)(=O)N(C)Cc1ccccc1O. The third-order valence-corrected chi connectivity index (χ3v) is 5.35. The maximum atomic E-state index is 12.6. The van der Waals surface area contributed by atoms with Gasteiger partial charge in [0.15, 0.2) is 0 Å². The molecule has 0 unspecified atom stereocenters. The number of hydrogen-bond donors (Lipinski definition) is 2. The Morgan fingerprint density at radius 3 is 2.48 bits per heavy atom. The summed E-state index contributed by atoms with van der Waals surface area (Å²) < 4.78 is 26.4. The van der Waals surface area contributed by atoms with Gasteiger partial charge < -0.3 is 10.8 Å². The summed E-state index contributed by atoms with van der Waals surface area (Å²) >= 11 is 0. The largest absolute Gasteiger partial charge is 0.508 e. The van der Waals surface area contributed by atoms with Gasteiger partial charge in [-0.3, -0.25) is 0 Å². The monoisotopic (exact) mass is 306 g/mol. The number of anilines is 1. The fraction of sp³-hybridized carbons (Fsp3) is 0.200. The van der Waals surface area contributed by atoms with Crippen molar-refractivity contribution in [2.45, 2.75) is 18.4 Å². The van der Waals surface area contributed by atoms with E-state index < -0.39 is 10.0 Å². The van der Waals surface area contributed by atoms with Crippen molar-refractivity contribution in [1.29, 1.82) is 0 Å². The molecule has 2 aromatic carbocycles. The molecule has 0 radical (unpaired) electrons. The number of hydrogen-bond acceptors (Lipinski definition) is 4. The van der Waals surface area contributed by atoms with E-state index >= 15 is 0 Å². The summed E-state index contributed by atoms with van der Waals surface area (Å²) in [6, 6.07) is 11.5. The van der Waals surface area contributed by atoms with Gasteiger partial charge in [0, 0.05) is 24.8 Å². The highest BCUT2D eigenvalue weighted by molar-refractivity contribution is 7.89. The Bertz CT molecular complexity index is 757. The molecule has 3 N–H and O–H groups in total. The highest BCUT2D eigenvalue weighted by Crippen LogP contribution is 2.25. The molecular formula is C15H18N2O3S. The zero-order chi connectivity index (χ0) is 15.6. The molecule has 21 heavy (non-hydrogen) atoms. The van der Waals surface area contributed by atoms with E-state index in [0.717, 1.165) is 0 Å². The minimum absolute atomic E-state index is 0.0730. The number of nitrogens with two attached hydrogens (primary N) is 1. The van der Waals surface area contributed by atoms with Crippen LogP contribution in [0.2, 0.25) is 0 Å². The fourth-order valence-corrected chi connectivity index (χ4v) is 3.45. The number of phenols is 1. The molecule has 5 nitrogen and oxygen atoms in total. The van der Waals surface area contributed by atoms with Crippen LogP contribution in [-0.2, 0) is 16.6 Å². The van der Waals surface area contributed by atoms with Gasteiger partial charge >= 0.3 is 0 Å². The lowest BCUT2D eigenvalue weighted by molar-refractivity contribution is 0.435. The van der Waals surface area contributed by atoms with Gasteiger partial charge in [-0.2, -0.15) is 4.31 Å². The Morgan fingerprint density at radius 2 is 1.81 bits per heavy atom. The number of phenolic OH excluding ortho intramolecular Hbond substituents is 1. The van der Waals surface area contributed by atoms with Crippen LogP contribution in [0.5, 0.6) is 5.75 Å². The Labute approximate surface area is 124 Å². The summed E-state index contributed by atoms with van der Waals surface area (Å²) in [5.74, 6) is 0.0730. The predicted molar refractivity (Wildman–Crippen MR) is 82.4 cm³/mol. The van der Waals surface area contributed by atoms with Crippen LogP contribution >= 0.6 is 0 Å². The molecule has 0 atom stereocenters. The molecule has 0 aliphatic heterocycles. The van der Waals surface area contributed by atoms with Crippen molar-refractivity contribution in [3.63, 3.8) is 0 Å². The molecule has 0 bridgehead atoms. The number of rotatable bonds is 4. The van der Waals surface area contributed by atoms with Gasteiger partial charge in [0.1, 0.15) is 5.75 Å². The van der Waals surface area contributed by atoms with E-state index in [4.69, 9.17) is 5.73 Å². The average Bonchev–Trinajstić information content (AvgIpc) is 2.44. The number of sulfonamides is 1. The van der Waals surface area contributed by atoms with E-state index in [9.17, 15) is 13.5 Å². The summed E-state index contributed by atoms with van der Waals surface area (Å²) in [6.07, 6.45) is 0. The quantitative estimate of drug-likeness (QED) is 0.847. The van der Waals surface area contributed by atoms with Gasteiger partial charge in [0.25, 0.3) is 0 Å².